The van der Waals surface area contributed by atoms with Gasteiger partial charge in [0.1, 0.15) is 0 Å². The molecule has 1 aliphatic heterocycles. The summed E-state index contributed by atoms with van der Waals surface area (Å²) in [5.74, 6) is -0.158. The maximum absolute atomic E-state index is 12.0. The van der Waals surface area contributed by atoms with Crippen LogP contribution in [0.5, 0.6) is 0 Å². The number of imide groups is 1. The number of nitrogens with zero attached hydrogens (tertiary/aromatic N) is 1. The van der Waals surface area contributed by atoms with Crippen LogP contribution in [0.2, 0.25) is 0 Å². The number of rotatable bonds is 3. The van der Waals surface area contributed by atoms with E-state index in [-0.39, 0.29) is 11.1 Å². The lowest BCUT2D eigenvalue weighted by atomic mass is 10.2. The molecule has 1 aliphatic rings. The zero-order chi connectivity index (χ0) is 12.4. The van der Waals surface area contributed by atoms with E-state index in [0.29, 0.717) is 11.4 Å². The van der Waals surface area contributed by atoms with Crippen LogP contribution in [0.1, 0.15) is 23.8 Å². The van der Waals surface area contributed by atoms with Crippen molar-refractivity contribution in [3.8, 4) is 0 Å². The van der Waals surface area contributed by atoms with E-state index in [2.05, 4.69) is 0 Å². The molecule has 1 fully saturated rings. The second kappa shape index (κ2) is 5.06. The third-order valence-electron chi connectivity index (χ3n) is 2.48. The minimum Gasteiger partial charge on any atom is -0.268 e. The van der Waals surface area contributed by atoms with Crippen molar-refractivity contribution < 1.29 is 9.59 Å². The topological polar surface area (TPSA) is 37.4 Å². The van der Waals surface area contributed by atoms with Crippen molar-refractivity contribution in [1.29, 1.82) is 0 Å². The number of aryl methyl sites for hydroxylation is 1. The first kappa shape index (κ1) is 12.4. The van der Waals surface area contributed by atoms with Crippen LogP contribution in [0.4, 0.5) is 4.79 Å². The molecule has 2 heterocycles. The molecular formula is C12H13NO2S2. The molecule has 0 atom stereocenters. The van der Waals surface area contributed by atoms with Crippen molar-refractivity contribution in [3.63, 3.8) is 0 Å². The fraction of sp³-hybridized carbons (Fsp3) is 0.333. The first-order valence-corrected chi connectivity index (χ1v) is 7.12. The van der Waals surface area contributed by atoms with E-state index in [0.717, 1.165) is 28.6 Å². The smallest absolute Gasteiger partial charge is 0.268 e. The number of carbonyl (C=O) groups is 2. The molecule has 0 unspecified atom stereocenters. The number of amides is 2. The van der Waals surface area contributed by atoms with Gasteiger partial charge in [0.25, 0.3) is 11.1 Å². The van der Waals surface area contributed by atoms with Crippen LogP contribution in [-0.4, -0.2) is 22.6 Å². The Balaban J connectivity index is 2.25. The predicted molar refractivity (Wildman–Crippen MR) is 72.0 cm³/mol. The Labute approximate surface area is 109 Å². The predicted octanol–water partition coefficient (Wildman–Crippen LogP) is 3.50. The highest BCUT2D eigenvalue weighted by molar-refractivity contribution is 8.18. The van der Waals surface area contributed by atoms with Gasteiger partial charge in [-0.1, -0.05) is 6.92 Å². The molecule has 5 heteroatoms. The van der Waals surface area contributed by atoms with Crippen LogP contribution in [0, 0.1) is 6.92 Å². The summed E-state index contributed by atoms with van der Waals surface area (Å²) in [4.78, 5) is 26.5. The molecular weight excluding hydrogens is 254 g/mol. The van der Waals surface area contributed by atoms with E-state index in [1.165, 1.54) is 4.90 Å². The zero-order valence-electron chi connectivity index (χ0n) is 9.73. The summed E-state index contributed by atoms with van der Waals surface area (Å²) >= 11 is 2.62. The van der Waals surface area contributed by atoms with Gasteiger partial charge in [-0.05, 0) is 48.2 Å². The number of thioether (sulfide) groups is 1. The van der Waals surface area contributed by atoms with E-state index < -0.39 is 0 Å². The molecule has 0 aliphatic carbocycles. The van der Waals surface area contributed by atoms with Gasteiger partial charge < -0.3 is 0 Å². The Bertz CT molecular complexity index is 490. The summed E-state index contributed by atoms with van der Waals surface area (Å²) in [6, 6.07) is 2.01. The fourth-order valence-electron chi connectivity index (χ4n) is 1.57. The molecule has 90 valence electrons. The highest BCUT2D eigenvalue weighted by atomic mass is 32.2. The van der Waals surface area contributed by atoms with E-state index in [1.54, 1.807) is 11.3 Å². The molecule has 0 aromatic carbocycles. The Hall–Kier alpha value is -1.07. The van der Waals surface area contributed by atoms with E-state index in [4.69, 9.17) is 0 Å². The van der Waals surface area contributed by atoms with Gasteiger partial charge in [0.15, 0.2) is 0 Å². The first-order valence-electron chi connectivity index (χ1n) is 5.43. The van der Waals surface area contributed by atoms with Crippen molar-refractivity contribution in [1.82, 2.24) is 4.90 Å². The van der Waals surface area contributed by atoms with Crippen molar-refractivity contribution in [2.75, 3.05) is 6.54 Å². The highest BCUT2D eigenvalue weighted by Crippen LogP contribution is 2.33. The summed E-state index contributed by atoms with van der Waals surface area (Å²) in [5.41, 5.74) is 1.14. The molecule has 0 saturated carbocycles. The summed E-state index contributed by atoms with van der Waals surface area (Å²) in [6.45, 7) is 4.46. The summed E-state index contributed by atoms with van der Waals surface area (Å²) < 4.78 is 0. The minimum atomic E-state index is -0.158. The Morgan fingerprint density at radius 3 is 2.76 bits per heavy atom. The molecule has 1 saturated heterocycles. The largest absolute Gasteiger partial charge is 0.293 e. The van der Waals surface area contributed by atoms with Gasteiger partial charge in [-0.3, -0.25) is 14.5 Å². The quantitative estimate of drug-likeness (QED) is 0.787. The maximum atomic E-state index is 12.0. The van der Waals surface area contributed by atoms with E-state index >= 15 is 0 Å². The van der Waals surface area contributed by atoms with Crippen LogP contribution in [-0.2, 0) is 4.79 Å². The molecule has 0 bridgehead atoms. The molecule has 0 spiro atoms. The lowest BCUT2D eigenvalue weighted by Gasteiger charge is -2.09. The van der Waals surface area contributed by atoms with Crippen LogP contribution >= 0.6 is 23.1 Å². The number of thiophene rings is 1. The molecule has 17 heavy (non-hydrogen) atoms. The molecule has 1 aromatic heterocycles. The van der Waals surface area contributed by atoms with E-state index in [1.807, 2.05) is 31.4 Å². The molecule has 2 amide bonds. The van der Waals surface area contributed by atoms with Gasteiger partial charge in [-0.25, -0.2) is 0 Å². The summed E-state index contributed by atoms with van der Waals surface area (Å²) in [5, 5.41) is 1.83. The monoisotopic (exact) mass is 267 g/mol. The normalized spacial score (nSPS) is 18.5. The van der Waals surface area contributed by atoms with Gasteiger partial charge in [0, 0.05) is 11.4 Å². The number of hydrogen-bond donors (Lipinski definition) is 0. The van der Waals surface area contributed by atoms with Crippen LogP contribution in [0.15, 0.2) is 16.4 Å². The lowest BCUT2D eigenvalue weighted by molar-refractivity contribution is -0.122. The van der Waals surface area contributed by atoms with Crippen LogP contribution < -0.4 is 0 Å². The molecule has 1 aromatic rings. The Kier molecular flexibility index (Phi) is 3.69. The number of hydrogen-bond acceptors (Lipinski definition) is 4. The molecule has 0 N–H and O–H groups in total. The average molecular weight is 267 g/mol. The van der Waals surface area contributed by atoms with Crippen molar-refractivity contribution in [2.45, 2.75) is 20.3 Å². The average Bonchev–Trinajstić information content (AvgIpc) is 2.79. The van der Waals surface area contributed by atoms with Crippen LogP contribution in [0.3, 0.4) is 0 Å². The summed E-state index contributed by atoms with van der Waals surface area (Å²) in [6.07, 6.45) is 2.61. The third kappa shape index (κ3) is 2.45. The van der Waals surface area contributed by atoms with Gasteiger partial charge in [-0.15, -0.1) is 11.3 Å². The molecule has 2 rings (SSSR count). The maximum Gasteiger partial charge on any atom is 0.293 e. The van der Waals surface area contributed by atoms with Gasteiger partial charge in [0.05, 0.1) is 4.91 Å². The van der Waals surface area contributed by atoms with E-state index in [9.17, 15) is 9.59 Å². The Morgan fingerprint density at radius 1 is 1.41 bits per heavy atom. The third-order valence-corrected chi connectivity index (χ3v) is 4.36. The first-order chi connectivity index (χ1) is 8.13. The fourth-order valence-corrected chi connectivity index (χ4v) is 3.35. The SMILES string of the molecule is CCCN1C(=O)S/C(=C/c2sccc2C)C1=O. The lowest BCUT2D eigenvalue weighted by Crippen LogP contribution is -2.28. The van der Waals surface area contributed by atoms with Crippen LogP contribution in [0.25, 0.3) is 6.08 Å². The summed E-state index contributed by atoms with van der Waals surface area (Å²) in [7, 11) is 0. The van der Waals surface area contributed by atoms with Crippen molar-refractivity contribution >= 4 is 40.3 Å². The minimum absolute atomic E-state index is 0.155. The van der Waals surface area contributed by atoms with Crippen molar-refractivity contribution in [3.05, 3.63) is 26.8 Å². The second-order valence-corrected chi connectivity index (χ2v) is 5.74. The number of carbonyl (C=O) groups excluding carboxylic acids is 2. The standard InChI is InChI=1S/C12H13NO2S2/c1-3-5-13-11(14)10(17-12(13)15)7-9-8(2)4-6-16-9/h4,6-7H,3,5H2,1-2H3/b10-7+. The van der Waals surface area contributed by atoms with Gasteiger partial charge >= 0.3 is 0 Å². The molecule has 0 radical (unpaired) electrons. The van der Waals surface area contributed by atoms with Gasteiger partial charge in [0.2, 0.25) is 0 Å². The molecule has 3 nitrogen and oxygen atoms in total. The second-order valence-electron chi connectivity index (χ2n) is 3.80. The Morgan fingerprint density at radius 2 is 2.18 bits per heavy atom. The highest BCUT2D eigenvalue weighted by Gasteiger charge is 2.34. The van der Waals surface area contributed by atoms with Gasteiger partial charge in [-0.2, -0.15) is 0 Å². The van der Waals surface area contributed by atoms with Crippen molar-refractivity contribution in [2.24, 2.45) is 0 Å². The zero-order valence-corrected chi connectivity index (χ0v) is 11.4.